The number of fused-ring (bicyclic) bond motifs is 1. The molecule has 4 rings (SSSR count). The van der Waals surface area contributed by atoms with Gasteiger partial charge < -0.3 is 14.8 Å². The van der Waals surface area contributed by atoms with E-state index >= 15 is 0 Å². The Balaban J connectivity index is 1.35. The van der Waals surface area contributed by atoms with E-state index in [4.69, 9.17) is 9.47 Å². The summed E-state index contributed by atoms with van der Waals surface area (Å²) in [6.07, 6.45) is 3.82. The lowest BCUT2D eigenvalue weighted by Gasteiger charge is -2.22. The van der Waals surface area contributed by atoms with Crippen LogP contribution in [0.5, 0.6) is 11.5 Å². The van der Waals surface area contributed by atoms with Crippen LogP contribution in [0.3, 0.4) is 0 Å². The first-order chi connectivity index (χ1) is 12.8. The van der Waals surface area contributed by atoms with E-state index in [2.05, 4.69) is 29.6 Å². The smallest absolute Gasteiger partial charge is 0.220 e. The molecule has 0 spiro atoms. The van der Waals surface area contributed by atoms with E-state index in [1.807, 2.05) is 24.3 Å². The maximum atomic E-state index is 12.5. The summed E-state index contributed by atoms with van der Waals surface area (Å²) < 4.78 is 11.3. The molecule has 26 heavy (non-hydrogen) atoms. The highest BCUT2D eigenvalue weighted by Crippen LogP contribution is 2.46. The minimum atomic E-state index is 0.132. The van der Waals surface area contributed by atoms with Gasteiger partial charge in [0.05, 0.1) is 0 Å². The number of nitrogens with one attached hydrogen (secondary N) is 1. The maximum absolute atomic E-state index is 12.5. The molecule has 0 radical (unpaired) electrons. The molecule has 1 N–H and O–H groups in total. The Bertz CT molecular complexity index is 755. The summed E-state index contributed by atoms with van der Waals surface area (Å²) in [4.78, 5) is 12.5. The van der Waals surface area contributed by atoms with Crippen molar-refractivity contribution in [2.45, 2.75) is 31.6 Å². The lowest BCUT2D eigenvalue weighted by molar-refractivity contribution is -0.121. The van der Waals surface area contributed by atoms with Crippen molar-refractivity contribution >= 4 is 5.91 Å². The molecule has 1 fully saturated rings. The van der Waals surface area contributed by atoms with E-state index in [0.717, 1.165) is 17.9 Å². The first-order valence-corrected chi connectivity index (χ1v) is 9.50. The molecule has 0 saturated heterocycles. The van der Waals surface area contributed by atoms with Gasteiger partial charge in [-0.15, -0.1) is 0 Å². The highest BCUT2D eigenvalue weighted by Gasteiger charge is 2.34. The van der Waals surface area contributed by atoms with Crippen LogP contribution >= 0.6 is 0 Å². The average Bonchev–Trinajstić information content (AvgIpc) is 3.52. The van der Waals surface area contributed by atoms with Gasteiger partial charge in [-0.05, 0) is 54.4 Å². The van der Waals surface area contributed by atoms with Gasteiger partial charge in [-0.1, -0.05) is 36.4 Å². The average molecular weight is 351 g/mol. The first kappa shape index (κ1) is 17.0. The highest BCUT2D eigenvalue weighted by atomic mass is 16.6. The molecule has 1 aliphatic heterocycles. The first-order valence-electron chi connectivity index (χ1n) is 9.50. The fourth-order valence-electron chi connectivity index (χ4n) is 3.61. The molecule has 4 nitrogen and oxygen atoms in total. The predicted octanol–water partition coefficient (Wildman–Crippen LogP) is 3.70. The third kappa shape index (κ3) is 4.18. The van der Waals surface area contributed by atoms with Crippen LogP contribution in [0.25, 0.3) is 0 Å². The number of hydrogen-bond donors (Lipinski definition) is 1. The molecular weight excluding hydrogens is 326 g/mol. The van der Waals surface area contributed by atoms with Gasteiger partial charge in [0.15, 0.2) is 11.5 Å². The van der Waals surface area contributed by atoms with Crippen molar-refractivity contribution in [3.8, 4) is 11.5 Å². The van der Waals surface area contributed by atoms with Crippen LogP contribution in [-0.2, 0) is 11.2 Å². The summed E-state index contributed by atoms with van der Waals surface area (Å²) in [6.45, 7) is 1.87. The summed E-state index contributed by atoms with van der Waals surface area (Å²) in [7, 11) is 0. The molecule has 1 heterocycles. The minimum absolute atomic E-state index is 0.132. The van der Waals surface area contributed by atoms with Crippen LogP contribution in [-0.4, -0.2) is 25.7 Å². The van der Waals surface area contributed by atoms with Crippen molar-refractivity contribution in [2.24, 2.45) is 5.92 Å². The van der Waals surface area contributed by atoms with Gasteiger partial charge in [0.25, 0.3) is 0 Å². The number of carbonyl (C=O) groups excluding carboxylic acids is 1. The Hall–Kier alpha value is -2.49. The molecule has 1 atom stereocenters. The van der Waals surface area contributed by atoms with Crippen molar-refractivity contribution in [2.75, 3.05) is 19.8 Å². The zero-order valence-corrected chi connectivity index (χ0v) is 14.9. The minimum Gasteiger partial charge on any atom is -0.486 e. The maximum Gasteiger partial charge on any atom is 0.220 e. The number of carbonyl (C=O) groups is 1. The van der Waals surface area contributed by atoms with Crippen LogP contribution in [0.2, 0.25) is 0 Å². The van der Waals surface area contributed by atoms with E-state index in [1.54, 1.807) is 0 Å². The second-order valence-corrected chi connectivity index (χ2v) is 7.14. The lowest BCUT2D eigenvalue weighted by atomic mass is 9.90. The molecule has 2 aromatic carbocycles. The monoisotopic (exact) mass is 351 g/mol. The van der Waals surface area contributed by atoms with Crippen LogP contribution in [0.4, 0.5) is 0 Å². The quantitative estimate of drug-likeness (QED) is 0.827. The Morgan fingerprint density at radius 2 is 1.81 bits per heavy atom. The van der Waals surface area contributed by atoms with E-state index in [9.17, 15) is 4.79 Å². The van der Waals surface area contributed by atoms with Gasteiger partial charge in [0, 0.05) is 13.0 Å². The van der Waals surface area contributed by atoms with Gasteiger partial charge in [0.1, 0.15) is 13.2 Å². The van der Waals surface area contributed by atoms with Crippen LogP contribution in [0.1, 0.15) is 36.3 Å². The fraction of sp³-hybridized carbons (Fsp3) is 0.409. The number of hydrogen-bond acceptors (Lipinski definition) is 3. The molecule has 4 heteroatoms. The molecular formula is C22H25NO3. The molecule has 1 aliphatic carbocycles. The largest absolute Gasteiger partial charge is 0.486 e. The zero-order chi connectivity index (χ0) is 17.8. The normalized spacial score (nSPS) is 16.8. The number of ether oxygens (including phenoxy) is 2. The number of rotatable bonds is 7. The summed E-state index contributed by atoms with van der Waals surface area (Å²) in [5, 5.41) is 3.08. The zero-order valence-electron chi connectivity index (χ0n) is 14.9. The Morgan fingerprint density at radius 3 is 2.58 bits per heavy atom. The molecule has 2 aliphatic rings. The van der Waals surface area contributed by atoms with Crippen LogP contribution < -0.4 is 14.8 Å². The van der Waals surface area contributed by atoms with Crippen molar-refractivity contribution < 1.29 is 14.3 Å². The number of amides is 1. The van der Waals surface area contributed by atoms with Gasteiger partial charge >= 0.3 is 0 Å². The van der Waals surface area contributed by atoms with Gasteiger partial charge in [-0.25, -0.2) is 0 Å². The van der Waals surface area contributed by atoms with Gasteiger partial charge in [-0.3, -0.25) is 4.79 Å². The van der Waals surface area contributed by atoms with Crippen molar-refractivity contribution in [3.63, 3.8) is 0 Å². The Kier molecular flexibility index (Phi) is 5.09. The molecule has 0 bridgehead atoms. The molecule has 136 valence electrons. The number of benzene rings is 2. The summed E-state index contributed by atoms with van der Waals surface area (Å²) in [5.74, 6) is 2.62. The van der Waals surface area contributed by atoms with Gasteiger partial charge in [-0.2, -0.15) is 0 Å². The topological polar surface area (TPSA) is 47.6 Å². The fourth-order valence-corrected chi connectivity index (χ4v) is 3.61. The molecule has 0 aromatic heterocycles. The van der Waals surface area contributed by atoms with E-state index in [-0.39, 0.29) is 11.8 Å². The van der Waals surface area contributed by atoms with Crippen molar-refractivity contribution in [1.82, 2.24) is 5.32 Å². The van der Waals surface area contributed by atoms with Crippen molar-refractivity contribution in [1.29, 1.82) is 0 Å². The third-order valence-corrected chi connectivity index (χ3v) is 5.17. The van der Waals surface area contributed by atoms with Crippen LogP contribution in [0.15, 0.2) is 48.5 Å². The van der Waals surface area contributed by atoms with Gasteiger partial charge in [0.2, 0.25) is 5.91 Å². The van der Waals surface area contributed by atoms with E-state index in [1.165, 1.54) is 24.0 Å². The van der Waals surface area contributed by atoms with Crippen molar-refractivity contribution in [3.05, 3.63) is 59.7 Å². The summed E-state index contributed by atoms with van der Waals surface area (Å²) in [5.41, 5.74) is 2.44. The molecule has 2 aromatic rings. The third-order valence-electron chi connectivity index (χ3n) is 5.17. The second-order valence-electron chi connectivity index (χ2n) is 7.14. The standard InChI is InChI=1S/C22H25NO3/c24-22(23-11-10-16-4-2-1-3-5-16)15-19(17-6-7-17)18-8-9-20-21(14-18)26-13-12-25-20/h1-5,8-9,14,17,19H,6-7,10-13,15H2,(H,23,24). The van der Waals surface area contributed by atoms with E-state index < -0.39 is 0 Å². The Labute approximate surface area is 154 Å². The molecule has 1 unspecified atom stereocenters. The molecule has 1 saturated carbocycles. The highest BCUT2D eigenvalue weighted by molar-refractivity contribution is 5.77. The van der Waals surface area contributed by atoms with E-state index in [0.29, 0.717) is 32.1 Å². The second kappa shape index (κ2) is 7.81. The van der Waals surface area contributed by atoms with Crippen LogP contribution in [0, 0.1) is 5.92 Å². The predicted molar refractivity (Wildman–Crippen MR) is 101 cm³/mol. The SMILES string of the molecule is O=C(CC(c1ccc2c(c1)OCCO2)C1CC1)NCCc1ccccc1. The summed E-state index contributed by atoms with van der Waals surface area (Å²) >= 11 is 0. The summed E-state index contributed by atoms with van der Waals surface area (Å²) in [6, 6.07) is 16.4. The Morgan fingerprint density at radius 1 is 1.04 bits per heavy atom. The molecule has 1 amide bonds. The lowest BCUT2D eigenvalue weighted by Crippen LogP contribution is -2.27.